The number of anilines is 2. The predicted molar refractivity (Wildman–Crippen MR) is 119 cm³/mol. The van der Waals surface area contributed by atoms with Crippen molar-refractivity contribution in [3.05, 3.63) is 68.7 Å². The molecule has 10 heteroatoms. The zero-order valence-electron chi connectivity index (χ0n) is 13.2. The predicted octanol–water partition coefficient (Wildman–Crippen LogP) is 5.70. The van der Waals surface area contributed by atoms with Gasteiger partial charge in [0.15, 0.2) is 0 Å². The number of hydrogen-bond donors (Lipinski definition) is 4. The smallest absolute Gasteiger partial charge is 0.270 e. The second-order valence-electron chi connectivity index (χ2n) is 4.98. The molecule has 1 atom stereocenters. The molecule has 26 heavy (non-hydrogen) atoms. The van der Waals surface area contributed by atoms with Gasteiger partial charge in [0.1, 0.15) is 5.84 Å². The Labute approximate surface area is 169 Å². The number of nitro groups is 1. The van der Waals surface area contributed by atoms with Gasteiger partial charge in [0.25, 0.3) is 5.69 Å². The Bertz CT molecular complexity index is 891. The van der Waals surface area contributed by atoms with E-state index in [9.17, 15) is 10.1 Å². The maximum absolute atomic E-state index is 10.8. The highest BCUT2D eigenvalue weighted by atomic mass is 127. The lowest BCUT2D eigenvalue weighted by atomic mass is 10.1. The normalized spacial score (nSPS) is 11.0. The van der Waals surface area contributed by atoms with Gasteiger partial charge in [-0.25, -0.2) is 0 Å². The highest BCUT2D eigenvalue weighted by Crippen LogP contribution is 2.34. The molecule has 0 bridgehead atoms. The van der Waals surface area contributed by atoms with Gasteiger partial charge in [0.05, 0.1) is 15.6 Å². The Morgan fingerprint density at radius 2 is 2.04 bits per heavy atom. The number of rotatable bonds is 7. The first-order valence-corrected chi connectivity index (χ1v) is 11.7. The van der Waals surface area contributed by atoms with E-state index in [0.29, 0.717) is 28.2 Å². The monoisotopic (exact) mass is 501 g/mol. The molecule has 0 heterocycles. The Morgan fingerprint density at radius 3 is 2.69 bits per heavy atom. The van der Waals surface area contributed by atoms with Crippen LogP contribution in [0.5, 0.6) is 0 Å². The van der Waals surface area contributed by atoms with Crippen LogP contribution in [0.3, 0.4) is 0 Å². The van der Waals surface area contributed by atoms with Crippen molar-refractivity contribution >= 4 is 75.2 Å². The summed E-state index contributed by atoms with van der Waals surface area (Å²) < 4.78 is 0. The summed E-state index contributed by atoms with van der Waals surface area (Å²) in [6, 6.07) is 9.65. The number of halogens is 2. The molecule has 0 aliphatic rings. The Kier molecular flexibility index (Phi) is 7.50. The lowest BCUT2D eigenvalue weighted by Crippen LogP contribution is -2.08. The zero-order chi connectivity index (χ0) is 19.1. The van der Waals surface area contributed by atoms with Gasteiger partial charge >= 0.3 is 0 Å². The fourth-order valence-corrected chi connectivity index (χ4v) is 3.56. The van der Waals surface area contributed by atoms with Crippen LogP contribution in [0.15, 0.2) is 42.5 Å². The van der Waals surface area contributed by atoms with Crippen LogP contribution >= 0.6 is 40.0 Å². The van der Waals surface area contributed by atoms with E-state index in [1.54, 1.807) is 30.3 Å². The van der Waals surface area contributed by atoms with Crippen LogP contribution in [0.1, 0.15) is 11.1 Å². The van der Waals surface area contributed by atoms with Crippen LogP contribution < -0.4 is 10.4 Å². The van der Waals surface area contributed by atoms with Gasteiger partial charge in [-0.15, -0.1) is 0 Å². The molecule has 7 nitrogen and oxygen atoms in total. The summed E-state index contributed by atoms with van der Waals surface area (Å²) >= 11 is 8.50. The topological polar surface area (TPSA) is 115 Å². The van der Waals surface area contributed by atoms with E-state index in [1.165, 1.54) is 18.2 Å². The Balaban J connectivity index is 2.16. The third kappa shape index (κ3) is 5.23. The fourth-order valence-electron chi connectivity index (χ4n) is 2.10. The molecule has 0 aliphatic heterocycles. The average molecular weight is 502 g/mol. The standard InChI is InChI=1S/C16H14ClIN5O2P/c17-16-12(9-19)13(22-26-18)5-6-14(16)21-15(20)7-4-10-2-1-3-11(8-10)23(24)25/h1-9,19,22,26H,(H2,20,21)/b7-4+,19-9?. The first kappa shape index (κ1) is 20.3. The molecule has 2 rings (SSSR count). The number of nitrogens with zero attached hydrogens (tertiary/aromatic N) is 1. The molecule has 0 spiro atoms. The maximum atomic E-state index is 10.8. The lowest BCUT2D eigenvalue weighted by molar-refractivity contribution is -0.384. The van der Waals surface area contributed by atoms with Crippen LogP contribution in [0.4, 0.5) is 17.1 Å². The largest absolute Gasteiger partial charge is 0.358 e. The van der Waals surface area contributed by atoms with Crippen LogP contribution in [-0.4, -0.2) is 17.0 Å². The van der Waals surface area contributed by atoms with Gasteiger partial charge in [0, 0.05) is 36.0 Å². The third-order valence-corrected chi connectivity index (χ3v) is 4.88. The van der Waals surface area contributed by atoms with Gasteiger partial charge < -0.3 is 15.8 Å². The summed E-state index contributed by atoms with van der Waals surface area (Å²) in [5.41, 5.74) is 2.39. The first-order valence-electron chi connectivity index (χ1n) is 7.19. The van der Waals surface area contributed by atoms with E-state index in [0.717, 1.165) is 11.9 Å². The zero-order valence-corrected chi connectivity index (χ0v) is 17.1. The molecule has 0 fully saturated rings. The molecular weight excluding hydrogens is 488 g/mol. The number of hydrogen-bond acceptors (Lipinski definition) is 5. The minimum absolute atomic E-state index is 0.00984. The van der Waals surface area contributed by atoms with Gasteiger partial charge in [-0.05, 0) is 45.8 Å². The maximum Gasteiger partial charge on any atom is 0.270 e. The van der Waals surface area contributed by atoms with Crippen molar-refractivity contribution in [2.24, 2.45) is 0 Å². The minimum atomic E-state index is -0.467. The molecule has 4 N–H and O–H groups in total. The van der Waals surface area contributed by atoms with E-state index >= 15 is 0 Å². The summed E-state index contributed by atoms with van der Waals surface area (Å²) in [5, 5.41) is 32.7. The minimum Gasteiger partial charge on any atom is -0.358 e. The second-order valence-corrected chi connectivity index (χ2v) is 7.41. The highest BCUT2D eigenvalue weighted by molar-refractivity contribution is 14.2. The second kappa shape index (κ2) is 9.61. The fraction of sp³-hybridized carbons (Fsp3) is 0. The SMILES string of the molecule is N=Cc1c(NPI)ccc(NC(=N)/C=C/c2cccc([N+](=O)[O-])c2)c1Cl. The van der Waals surface area contributed by atoms with E-state index < -0.39 is 4.92 Å². The molecule has 0 saturated carbocycles. The lowest BCUT2D eigenvalue weighted by Gasteiger charge is -2.13. The summed E-state index contributed by atoms with van der Waals surface area (Å²) in [7, 11) is 0. The molecule has 2 aromatic rings. The van der Waals surface area contributed by atoms with E-state index in [-0.39, 0.29) is 11.5 Å². The summed E-state index contributed by atoms with van der Waals surface area (Å²) in [5.74, 6) is 0.0609. The molecular formula is C16H14ClIN5O2P. The molecule has 1 unspecified atom stereocenters. The molecule has 0 saturated heterocycles. The van der Waals surface area contributed by atoms with Crippen molar-refractivity contribution in [3.63, 3.8) is 0 Å². The van der Waals surface area contributed by atoms with E-state index in [2.05, 4.69) is 32.4 Å². The molecule has 2 aromatic carbocycles. The third-order valence-electron chi connectivity index (χ3n) is 3.30. The quantitative estimate of drug-likeness (QED) is 0.0972. The van der Waals surface area contributed by atoms with Crippen molar-refractivity contribution in [3.8, 4) is 0 Å². The van der Waals surface area contributed by atoms with E-state index in [1.807, 2.05) is 0 Å². The van der Waals surface area contributed by atoms with Crippen molar-refractivity contribution < 1.29 is 4.92 Å². The highest BCUT2D eigenvalue weighted by Gasteiger charge is 2.10. The molecule has 0 radical (unpaired) electrons. The van der Waals surface area contributed by atoms with Crippen molar-refractivity contribution in [1.29, 1.82) is 10.8 Å². The summed E-state index contributed by atoms with van der Waals surface area (Å²) in [6.45, 7) is 0. The van der Waals surface area contributed by atoms with Crippen LogP contribution in [0.2, 0.25) is 5.02 Å². The Morgan fingerprint density at radius 1 is 1.31 bits per heavy atom. The van der Waals surface area contributed by atoms with Gasteiger partial charge in [0.2, 0.25) is 0 Å². The molecule has 0 aromatic heterocycles. The van der Waals surface area contributed by atoms with E-state index in [4.69, 9.17) is 22.4 Å². The Hall–Kier alpha value is -2.03. The first-order chi connectivity index (χ1) is 12.5. The van der Waals surface area contributed by atoms with Crippen LogP contribution in [0, 0.1) is 20.9 Å². The van der Waals surface area contributed by atoms with Gasteiger partial charge in [-0.2, -0.15) is 0 Å². The molecule has 134 valence electrons. The number of amidine groups is 1. The van der Waals surface area contributed by atoms with Crippen molar-refractivity contribution in [2.45, 2.75) is 0 Å². The number of benzene rings is 2. The van der Waals surface area contributed by atoms with Gasteiger partial charge in [-0.3, -0.25) is 15.5 Å². The number of nitrogens with one attached hydrogen (secondary N) is 4. The molecule has 0 amide bonds. The number of non-ortho nitro benzene ring substituents is 1. The summed E-state index contributed by atoms with van der Waals surface area (Å²) in [4.78, 5) is 10.3. The summed E-state index contributed by atoms with van der Waals surface area (Å²) in [6.07, 6.45) is 4.68. The average Bonchev–Trinajstić information content (AvgIpc) is 2.63. The molecule has 0 aliphatic carbocycles. The van der Waals surface area contributed by atoms with Crippen LogP contribution in [-0.2, 0) is 0 Å². The van der Waals surface area contributed by atoms with Crippen molar-refractivity contribution in [1.82, 2.24) is 0 Å². The van der Waals surface area contributed by atoms with Crippen molar-refractivity contribution in [2.75, 3.05) is 10.4 Å². The van der Waals surface area contributed by atoms with Crippen LogP contribution in [0.25, 0.3) is 6.08 Å². The number of nitro benzene ring substituents is 1. The van der Waals surface area contributed by atoms with Gasteiger partial charge in [-0.1, -0.05) is 29.8 Å².